The Balaban J connectivity index is 1.81. The van der Waals surface area contributed by atoms with Crippen LogP contribution < -0.4 is 0 Å². The minimum atomic E-state index is -0.769. The molecule has 0 radical (unpaired) electrons. The molecule has 2 heterocycles. The summed E-state index contributed by atoms with van der Waals surface area (Å²) in [6, 6.07) is 13.0. The van der Waals surface area contributed by atoms with Crippen LogP contribution in [-0.4, -0.2) is 19.8 Å². The molecule has 120 valence electrons. The van der Waals surface area contributed by atoms with E-state index >= 15 is 0 Å². The number of hydrogen-bond acceptors (Lipinski definition) is 4. The average Bonchev–Trinajstić information content (AvgIpc) is 3.20. The highest BCUT2D eigenvalue weighted by molar-refractivity contribution is 6.30. The first-order chi connectivity index (χ1) is 11.6. The molecule has 0 saturated heterocycles. The average molecular weight is 340 g/mol. The van der Waals surface area contributed by atoms with E-state index in [9.17, 15) is 5.11 Å². The molecular formula is C18H14ClN3O2. The lowest BCUT2D eigenvalue weighted by Gasteiger charge is -2.11. The molecule has 0 aliphatic carbocycles. The third-order valence-electron chi connectivity index (χ3n) is 4.06. The van der Waals surface area contributed by atoms with Gasteiger partial charge in [-0.15, -0.1) is 0 Å². The number of aromatic nitrogens is 3. The number of aliphatic hydroxyl groups excluding tert-OH is 1. The number of nitrogens with zero attached hydrogens (tertiary/aromatic N) is 3. The third-order valence-corrected chi connectivity index (χ3v) is 4.31. The normalized spacial score (nSPS) is 12.6. The van der Waals surface area contributed by atoms with Crippen molar-refractivity contribution in [2.24, 2.45) is 7.05 Å². The molecule has 0 aliphatic rings. The molecule has 6 heteroatoms. The van der Waals surface area contributed by atoms with Gasteiger partial charge in [0.05, 0.1) is 23.6 Å². The van der Waals surface area contributed by atoms with Crippen molar-refractivity contribution >= 4 is 22.5 Å². The van der Waals surface area contributed by atoms with E-state index < -0.39 is 6.10 Å². The number of aryl methyl sites for hydroxylation is 1. The molecule has 2 aromatic heterocycles. The molecule has 2 aromatic carbocycles. The summed E-state index contributed by atoms with van der Waals surface area (Å²) in [7, 11) is 1.85. The van der Waals surface area contributed by atoms with Crippen molar-refractivity contribution in [3.63, 3.8) is 0 Å². The topological polar surface area (TPSA) is 64.1 Å². The minimum Gasteiger partial charge on any atom is -0.382 e. The molecule has 0 saturated carbocycles. The molecule has 1 N–H and O–H groups in total. The lowest BCUT2D eigenvalue weighted by molar-refractivity contribution is 0.211. The molecule has 4 rings (SSSR count). The van der Waals surface area contributed by atoms with E-state index in [-0.39, 0.29) is 0 Å². The molecule has 0 spiro atoms. The molecule has 0 fully saturated rings. The molecule has 24 heavy (non-hydrogen) atoms. The van der Waals surface area contributed by atoms with Crippen molar-refractivity contribution in [2.75, 3.05) is 0 Å². The Morgan fingerprint density at radius 3 is 2.67 bits per heavy atom. The van der Waals surface area contributed by atoms with Crippen molar-refractivity contribution in [2.45, 2.75) is 6.10 Å². The fourth-order valence-electron chi connectivity index (χ4n) is 2.74. The molecule has 0 bridgehead atoms. The Morgan fingerprint density at radius 2 is 1.96 bits per heavy atom. The van der Waals surface area contributed by atoms with Gasteiger partial charge in [-0.25, -0.2) is 4.98 Å². The van der Waals surface area contributed by atoms with Gasteiger partial charge >= 0.3 is 0 Å². The Hall–Kier alpha value is -2.63. The van der Waals surface area contributed by atoms with E-state index in [4.69, 9.17) is 16.1 Å². The summed E-state index contributed by atoms with van der Waals surface area (Å²) < 4.78 is 7.29. The van der Waals surface area contributed by atoms with Gasteiger partial charge in [-0.05, 0) is 42.0 Å². The summed E-state index contributed by atoms with van der Waals surface area (Å²) in [6.45, 7) is 0. The largest absolute Gasteiger partial charge is 0.382 e. The number of fused-ring (bicyclic) bond motifs is 1. The first-order valence-electron chi connectivity index (χ1n) is 7.43. The summed E-state index contributed by atoms with van der Waals surface area (Å²) in [4.78, 5) is 4.05. The standard InChI is InChI=1S/C18H14ClN3O2/c1-22-10-20-9-16(22)17(23)12-4-7-15-14(8-12)18(24-21-15)11-2-5-13(19)6-3-11/h2-10,17,23H,1H3. The molecule has 0 amide bonds. The van der Waals surface area contributed by atoms with Crippen LogP contribution in [0.1, 0.15) is 17.4 Å². The van der Waals surface area contributed by atoms with Gasteiger partial charge in [0.15, 0.2) is 5.76 Å². The van der Waals surface area contributed by atoms with Gasteiger partial charge in [0.25, 0.3) is 0 Å². The fraction of sp³-hybridized carbons (Fsp3) is 0.111. The second-order valence-electron chi connectivity index (χ2n) is 5.63. The van der Waals surface area contributed by atoms with Gasteiger partial charge < -0.3 is 14.2 Å². The monoisotopic (exact) mass is 339 g/mol. The maximum absolute atomic E-state index is 10.6. The van der Waals surface area contributed by atoms with Gasteiger partial charge in [-0.3, -0.25) is 0 Å². The van der Waals surface area contributed by atoms with Crippen LogP contribution >= 0.6 is 11.6 Å². The van der Waals surface area contributed by atoms with Crippen LogP contribution in [0.4, 0.5) is 0 Å². The van der Waals surface area contributed by atoms with Gasteiger partial charge in [-0.1, -0.05) is 22.8 Å². The molecule has 1 unspecified atom stereocenters. The maximum atomic E-state index is 10.6. The Labute approximate surface area is 143 Å². The number of hydrogen-bond donors (Lipinski definition) is 1. The second kappa shape index (κ2) is 5.78. The van der Waals surface area contributed by atoms with Crippen molar-refractivity contribution in [1.82, 2.24) is 14.7 Å². The van der Waals surface area contributed by atoms with Crippen LogP contribution in [0.15, 0.2) is 59.5 Å². The summed E-state index contributed by atoms with van der Waals surface area (Å²) in [5, 5.41) is 16.2. The zero-order valence-corrected chi connectivity index (χ0v) is 13.6. The van der Waals surface area contributed by atoms with Crippen LogP contribution in [0.5, 0.6) is 0 Å². The summed E-state index contributed by atoms with van der Waals surface area (Å²) in [5.74, 6) is 0.653. The highest BCUT2D eigenvalue weighted by Crippen LogP contribution is 2.32. The zero-order chi connectivity index (χ0) is 16.7. The van der Waals surface area contributed by atoms with E-state index in [1.165, 1.54) is 0 Å². The summed E-state index contributed by atoms with van der Waals surface area (Å²) in [6.07, 6.45) is 2.55. The highest BCUT2D eigenvalue weighted by atomic mass is 35.5. The van der Waals surface area contributed by atoms with Gasteiger partial charge in [0, 0.05) is 17.6 Å². The minimum absolute atomic E-state index is 0.653. The summed E-state index contributed by atoms with van der Waals surface area (Å²) in [5.41, 5.74) is 3.10. The molecule has 1 atom stereocenters. The molecule has 5 nitrogen and oxygen atoms in total. The smallest absolute Gasteiger partial charge is 0.174 e. The van der Waals surface area contributed by atoms with Crippen LogP contribution in [0, 0.1) is 0 Å². The van der Waals surface area contributed by atoms with E-state index in [0.717, 1.165) is 27.7 Å². The first-order valence-corrected chi connectivity index (χ1v) is 7.81. The molecule has 4 aromatic rings. The number of halogens is 1. The van der Waals surface area contributed by atoms with Crippen LogP contribution in [0.25, 0.3) is 22.2 Å². The van der Waals surface area contributed by atoms with Gasteiger partial charge in [-0.2, -0.15) is 0 Å². The number of imidazole rings is 1. The van der Waals surface area contributed by atoms with Crippen molar-refractivity contribution in [3.8, 4) is 11.3 Å². The lowest BCUT2D eigenvalue weighted by Crippen LogP contribution is -2.04. The Kier molecular flexibility index (Phi) is 3.59. The number of aliphatic hydroxyl groups is 1. The quantitative estimate of drug-likeness (QED) is 0.613. The predicted molar refractivity (Wildman–Crippen MR) is 91.7 cm³/mol. The molecular weight excluding hydrogens is 326 g/mol. The van der Waals surface area contributed by atoms with Gasteiger partial charge in [0.2, 0.25) is 0 Å². The Morgan fingerprint density at radius 1 is 1.17 bits per heavy atom. The summed E-state index contributed by atoms with van der Waals surface area (Å²) >= 11 is 5.94. The molecule has 0 aliphatic heterocycles. The highest BCUT2D eigenvalue weighted by Gasteiger charge is 2.17. The van der Waals surface area contributed by atoms with Crippen LogP contribution in [-0.2, 0) is 7.05 Å². The maximum Gasteiger partial charge on any atom is 0.174 e. The van der Waals surface area contributed by atoms with E-state index in [1.807, 2.05) is 37.4 Å². The SMILES string of the molecule is Cn1cncc1C(O)c1ccc2noc(-c3ccc(Cl)cc3)c2c1. The van der Waals surface area contributed by atoms with Crippen molar-refractivity contribution in [1.29, 1.82) is 0 Å². The van der Waals surface area contributed by atoms with Crippen molar-refractivity contribution in [3.05, 3.63) is 71.3 Å². The number of benzene rings is 2. The first kappa shape index (κ1) is 14.9. The van der Waals surface area contributed by atoms with Gasteiger partial charge in [0.1, 0.15) is 11.6 Å². The van der Waals surface area contributed by atoms with Crippen LogP contribution in [0.2, 0.25) is 5.02 Å². The lowest BCUT2D eigenvalue weighted by atomic mass is 10.0. The second-order valence-corrected chi connectivity index (χ2v) is 6.06. The number of rotatable bonds is 3. The zero-order valence-electron chi connectivity index (χ0n) is 12.8. The Bertz CT molecular complexity index is 1000. The van der Waals surface area contributed by atoms with Crippen LogP contribution in [0.3, 0.4) is 0 Å². The van der Waals surface area contributed by atoms with Crippen molar-refractivity contribution < 1.29 is 9.63 Å². The van der Waals surface area contributed by atoms with E-state index in [0.29, 0.717) is 10.8 Å². The fourth-order valence-corrected chi connectivity index (χ4v) is 2.87. The van der Waals surface area contributed by atoms with E-state index in [2.05, 4.69) is 10.1 Å². The third kappa shape index (κ3) is 2.48. The van der Waals surface area contributed by atoms with E-state index in [1.54, 1.807) is 29.2 Å². The predicted octanol–water partition coefficient (Wildman–Crippen LogP) is 3.96.